The summed E-state index contributed by atoms with van der Waals surface area (Å²) < 4.78 is 2.37. The molecule has 0 saturated carbocycles. The van der Waals surface area contributed by atoms with E-state index in [4.69, 9.17) is 0 Å². The molecule has 0 atom stereocenters. The first-order valence-corrected chi connectivity index (χ1v) is 25.2. The van der Waals surface area contributed by atoms with E-state index in [0.717, 1.165) is 63.2 Å². The number of aromatic nitrogens is 1. The number of rotatable bonds is 15. The largest absolute Gasteiger partial charge is 0.477 e. The second-order valence-corrected chi connectivity index (χ2v) is 21.5. The number of nitrogens with zero attached hydrogens (tertiary/aromatic N) is 3. The Morgan fingerprint density at radius 2 is 1.19 bits per heavy atom. The van der Waals surface area contributed by atoms with Crippen LogP contribution in [0.1, 0.15) is 149 Å². The molecule has 0 spiro atoms. The summed E-state index contributed by atoms with van der Waals surface area (Å²) in [6.45, 7) is 21.7. The fourth-order valence-corrected chi connectivity index (χ4v) is 11.5. The zero-order valence-corrected chi connectivity index (χ0v) is 41.9. The third-order valence-corrected chi connectivity index (χ3v) is 15.6. The molecule has 0 saturated heterocycles. The molecule has 6 heteroatoms. The molecule has 0 unspecified atom stereocenters. The summed E-state index contributed by atoms with van der Waals surface area (Å²) in [5, 5.41) is 18.8. The molecule has 0 radical (unpaired) electrons. The van der Waals surface area contributed by atoms with E-state index in [1.54, 1.807) is 6.07 Å². The molecule has 344 valence electrons. The normalized spacial score (nSPS) is 14.3. The number of unbranched alkanes of at least 4 members (excludes halogenated alkanes) is 3. The Morgan fingerprint density at radius 3 is 1.71 bits per heavy atom. The van der Waals surface area contributed by atoms with E-state index >= 15 is 0 Å². The molecule has 9 rings (SSSR count). The summed E-state index contributed by atoms with van der Waals surface area (Å²) in [5.41, 5.74) is 19.7. The van der Waals surface area contributed by atoms with E-state index < -0.39 is 5.97 Å². The van der Waals surface area contributed by atoms with Crippen molar-refractivity contribution in [1.29, 1.82) is 5.26 Å². The first kappa shape index (κ1) is 46.4. The average Bonchev–Trinajstić information content (AvgIpc) is 4.07. The summed E-state index contributed by atoms with van der Waals surface area (Å²) >= 11 is 1.50. The minimum atomic E-state index is -1.22. The van der Waals surface area contributed by atoms with Crippen LogP contribution in [0.2, 0.25) is 0 Å². The Bertz CT molecular complexity index is 3040. The van der Waals surface area contributed by atoms with Gasteiger partial charge in [0, 0.05) is 45.0 Å². The molecule has 2 aliphatic carbocycles. The molecular formula is C62H63N3O2S. The van der Waals surface area contributed by atoms with E-state index in [0.29, 0.717) is 11.8 Å². The van der Waals surface area contributed by atoms with Gasteiger partial charge in [-0.1, -0.05) is 148 Å². The van der Waals surface area contributed by atoms with Crippen molar-refractivity contribution in [3.63, 3.8) is 0 Å². The molecule has 0 fully saturated rings. The Kier molecular flexibility index (Phi) is 12.6. The van der Waals surface area contributed by atoms with E-state index in [-0.39, 0.29) is 16.4 Å². The molecule has 7 aromatic rings. The molecule has 2 aliphatic rings. The van der Waals surface area contributed by atoms with E-state index in [2.05, 4.69) is 193 Å². The maximum atomic E-state index is 11.5. The first-order valence-electron chi connectivity index (χ1n) is 24.4. The topological polar surface area (TPSA) is 69.3 Å². The molecule has 2 heterocycles. The van der Waals surface area contributed by atoms with Crippen LogP contribution in [0.5, 0.6) is 0 Å². The predicted molar refractivity (Wildman–Crippen MR) is 286 cm³/mol. The van der Waals surface area contributed by atoms with Gasteiger partial charge in [0.05, 0.1) is 10.6 Å². The standard InChI is InChI=1S/C62H63N3O2S/c1-10-11-12-13-32-64-45(24-30-58(64)59-31-25-49(68-59)33-44(38-63)60(66)67)19-14-41-15-20-46(21-16-41)65(47-22-28-52-50-26-17-42(39(2)3)34-54(50)61(6,7)56(52)36-47)48-23-29-53-51-27-18-43(40(4)5)35-55(51)62(8,9)57(53)37-48/h14-31,33-37,39-40H,10-13,32H2,1-9H3,(H,66,67). The van der Waals surface area contributed by atoms with Crippen LogP contribution in [0.3, 0.4) is 0 Å². The SMILES string of the molecule is CCCCCCn1c(C=Cc2ccc(N(c3ccc4c(c3)C(C)(C)c3cc(C(C)C)ccc3-4)c3ccc4c(c3)C(C)(C)c3cc(C(C)C)ccc3-4)cc2)ccc1-c1ccc(C=C(C#N)C(=O)O)s1. The highest BCUT2D eigenvalue weighted by Gasteiger charge is 2.38. The summed E-state index contributed by atoms with van der Waals surface area (Å²) in [6.07, 6.45) is 10.4. The van der Waals surface area contributed by atoms with Crippen molar-refractivity contribution in [3.05, 3.63) is 176 Å². The number of hydrogen-bond acceptors (Lipinski definition) is 4. The third kappa shape index (κ3) is 8.47. The molecule has 0 amide bonds. The first-order chi connectivity index (χ1) is 32.6. The molecule has 1 N–H and O–H groups in total. The van der Waals surface area contributed by atoms with Crippen molar-refractivity contribution in [2.24, 2.45) is 0 Å². The molecule has 0 aliphatic heterocycles. The van der Waals surface area contributed by atoms with Crippen molar-refractivity contribution in [1.82, 2.24) is 4.57 Å². The van der Waals surface area contributed by atoms with Gasteiger partial charge in [-0.15, -0.1) is 11.3 Å². The highest BCUT2D eigenvalue weighted by atomic mass is 32.1. The number of nitriles is 1. The predicted octanol–water partition coefficient (Wildman–Crippen LogP) is 17.3. The number of benzene rings is 5. The Labute approximate surface area is 407 Å². The van der Waals surface area contributed by atoms with Crippen LogP contribution in [-0.2, 0) is 22.2 Å². The number of carbonyl (C=O) groups is 1. The van der Waals surface area contributed by atoms with E-state index in [9.17, 15) is 15.2 Å². The van der Waals surface area contributed by atoms with Gasteiger partial charge in [-0.2, -0.15) is 5.26 Å². The number of carboxylic acid groups (broad SMARTS) is 1. The average molecular weight is 914 g/mol. The summed E-state index contributed by atoms with van der Waals surface area (Å²) in [6, 6.07) is 47.3. The lowest BCUT2D eigenvalue weighted by atomic mass is 9.81. The third-order valence-electron chi connectivity index (χ3n) is 14.6. The van der Waals surface area contributed by atoms with Crippen LogP contribution in [0.15, 0.2) is 127 Å². The van der Waals surface area contributed by atoms with Crippen molar-refractivity contribution in [2.75, 3.05) is 4.90 Å². The van der Waals surface area contributed by atoms with Crippen LogP contribution in [0.25, 0.3) is 51.1 Å². The number of thiophene rings is 1. The van der Waals surface area contributed by atoms with Crippen LogP contribution in [0, 0.1) is 11.3 Å². The lowest BCUT2D eigenvalue weighted by Gasteiger charge is -2.30. The van der Waals surface area contributed by atoms with Crippen LogP contribution >= 0.6 is 11.3 Å². The van der Waals surface area contributed by atoms with Gasteiger partial charge in [0.2, 0.25) is 0 Å². The lowest BCUT2D eigenvalue weighted by Crippen LogP contribution is -2.18. The Balaban J connectivity index is 1.09. The maximum absolute atomic E-state index is 11.5. The minimum absolute atomic E-state index is 0.154. The van der Waals surface area contributed by atoms with Crippen molar-refractivity contribution >= 4 is 52.6 Å². The van der Waals surface area contributed by atoms with Gasteiger partial charge >= 0.3 is 5.97 Å². The number of hydrogen-bond donors (Lipinski definition) is 1. The summed E-state index contributed by atoms with van der Waals surface area (Å²) in [7, 11) is 0. The molecular weight excluding hydrogens is 851 g/mol. The van der Waals surface area contributed by atoms with Crippen molar-refractivity contribution in [2.45, 2.75) is 117 Å². The zero-order chi connectivity index (χ0) is 48.1. The van der Waals surface area contributed by atoms with Gasteiger partial charge in [0.1, 0.15) is 11.6 Å². The monoisotopic (exact) mass is 913 g/mol. The fraction of sp³-hybridized carbons (Fsp3) is 0.290. The van der Waals surface area contributed by atoms with E-state index in [1.807, 2.05) is 12.1 Å². The van der Waals surface area contributed by atoms with Gasteiger partial charge < -0.3 is 14.6 Å². The van der Waals surface area contributed by atoms with Crippen molar-refractivity contribution in [3.8, 4) is 38.9 Å². The number of carboxylic acids is 1. The molecule has 68 heavy (non-hydrogen) atoms. The zero-order valence-electron chi connectivity index (χ0n) is 41.1. The molecule has 2 aromatic heterocycles. The maximum Gasteiger partial charge on any atom is 0.346 e. The number of aliphatic carboxylic acids is 1. The molecule has 5 aromatic carbocycles. The summed E-state index contributed by atoms with van der Waals surface area (Å²) in [5.74, 6) is -0.288. The van der Waals surface area contributed by atoms with E-state index in [1.165, 1.54) is 85.9 Å². The van der Waals surface area contributed by atoms with Gasteiger partial charge in [-0.05, 0) is 152 Å². The van der Waals surface area contributed by atoms with Crippen molar-refractivity contribution < 1.29 is 9.90 Å². The van der Waals surface area contributed by atoms with Crippen LogP contribution < -0.4 is 4.90 Å². The Hall–Kier alpha value is -6.68. The summed E-state index contributed by atoms with van der Waals surface area (Å²) in [4.78, 5) is 15.8. The van der Waals surface area contributed by atoms with Gasteiger partial charge in [0.15, 0.2) is 0 Å². The van der Waals surface area contributed by atoms with Crippen LogP contribution in [-0.4, -0.2) is 15.6 Å². The highest BCUT2D eigenvalue weighted by Crippen LogP contribution is 2.54. The quantitative estimate of drug-likeness (QED) is 0.0632. The molecule has 0 bridgehead atoms. The number of anilines is 3. The van der Waals surface area contributed by atoms with Crippen LogP contribution in [0.4, 0.5) is 17.1 Å². The highest BCUT2D eigenvalue weighted by molar-refractivity contribution is 7.16. The second kappa shape index (κ2) is 18.4. The molecule has 5 nitrogen and oxygen atoms in total. The second-order valence-electron chi connectivity index (χ2n) is 20.4. The van der Waals surface area contributed by atoms with Gasteiger partial charge in [0.25, 0.3) is 0 Å². The smallest absolute Gasteiger partial charge is 0.346 e. The number of fused-ring (bicyclic) bond motifs is 6. The Morgan fingerprint density at radius 1 is 0.662 bits per heavy atom. The van der Waals surface area contributed by atoms with Gasteiger partial charge in [-0.3, -0.25) is 0 Å². The minimum Gasteiger partial charge on any atom is -0.477 e. The fourth-order valence-electron chi connectivity index (χ4n) is 10.5. The lowest BCUT2D eigenvalue weighted by molar-refractivity contribution is -0.132. The van der Waals surface area contributed by atoms with Gasteiger partial charge in [-0.25, -0.2) is 4.79 Å².